The molecule has 0 aliphatic carbocycles. The lowest BCUT2D eigenvalue weighted by molar-refractivity contribution is 0.103. The maximum atomic E-state index is 13.6. The van der Waals surface area contributed by atoms with Gasteiger partial charge in [0.05, 0.1) is 32.0 Å². The van der Waals surface area contributed by atoms with Crippen LogP contribution in [0.2, 0.25) is 0 Å². The van der Waals surface area contributed by atoms with Gasteiger partial charge in [0, 0.05) is 5.56 Å². The van der Waals surface area contributed by atoms with Crippen LogP contribution in [0.4, 0.5) is 0 Å². The number of epoxide rings is 4. The molecule has 6 rings (SSSR count). The second-order valence-corrected chi connectivity index (χ2v) is 8.67. The van der Waals surface area contributed by atoms with Crippen LogP contribution in [0, 0.1) is 0 Å². The van der Waals surface area contributed by atoms with Crippen molar-refractivity contribution in [3.8, 4) is 23.0 Å². The summed E-state index contributed by atoms with van der Waals surface area (Å²) in [6, 6.07) is 10.7. The second kappa shape index (κ2) is 9.42. The molecule has 0 aromatic heterocycles. The van der Waals surface area contributed by atoms with E-state index in [1.165, 1.54) is 0 Å². The van der Waals surface area contributed by atoms with Crippen LogP contribution in [0.5, 0.6) is 23.0 Å². The van der Waals surface area contributed by atoms with E-state index in [-0.39, 0.29) is 30.2 Å². The van der Waals surface area contributed by atoms with E-state index in [9.17, 15) is 4.79 Å². The van der Waals surface area contributed by atoms with Gasteiger partial charge in [-0.25, -0.2) is 0 Å². The first-order valence-electron chi connectivity index (χ1n) is 11.5. The summed E-state index contributed by atoms with van der Waals surface area (Å²) in [6.07, 6.45) is 0.0394. The van der Waals surface area contributed by atoms with E-state index in [1.54, 1.807) is 18.2 Å². The van der Waals surface area contributed by atoms with Gasteiger partial charge in [0.1, 0.15) is 50.8 Å². The quantitative estimate of drug-likeness (QED) is 0.303. The monoisotopic (exact) mass is 470 g/mol. The molecule has 4 unspecified atom stereocenters. The van der Waals surface area contributed by atoms with Gasteiger partial charge in [-0.3, -0.25) is 4.79 Å². The molecule has 4 aliphatic heterocycles. The highest BCUT2D eigenvalue weighted by molar-refractivity contribution is 6.11. The fourth-order valence-electron chi connectivity index (χ4n) is 3.40. The molecule has 180 valence electrons. The summed E-state index contributed by atoms with van der Waals surface area (Å²) in [5.41, 5.74) is 0.864. The van der Waals surface area contributed by atoms with Gasteiger partial charge >= 0.3 is 0 Å². The van der Waals surface area contributed by atoms with Crippen LogP contribution in [0.1, 0.15) is 15.9 Å². The Hall–Kier alpha value is -2.85. The molecule has 4 heterocycles. The normalized spacial score (nSPS) is 25.9. The summed E-state index contributed by atoms with van der Waals surface area (Å²) in [4.78, 5) is 13.6. The molecule has 0 saturated carbocycles. The lowest BCUT2D eigenvalue weighted by Crippen LogP contribution is -2.16. The fraction of sp³-hybridized carbons (Fsp3) is 0.480. The molecule has 0 spiro atoms. The number of carbonyl (C=O) groups is 1. The summed E-state index contributed by atoms with van der Waals surface area (Å²) in [7, 11) is 0. The van der Waals surface area contributed by atoms with Crippen LogP contribution in [-0.4, -0.2) is 83.1 Å². The minimum Gasteiger partial charge on any atom is -0.487 e. The van der Waals surface area contributed by atoms with E-state index in [0.29, 0.717) is 87.0 Å². The molecule has 9 nitrogen and oxygen atoms in total. The number of carbonyl (C=O) groups excluding carboxylic acids is 1. The van der Waals surface area contributed by atoms with E-state index in [4.69, 9.17) is 37.9 Å². The van der Waals surface area contributed by atoms with Crippen LogP contribution in [-0.2, 0) is 18.9 Å². The lowest BCUT2D eigenvalue weighted by atomic mass is 10.0. The molecule has 0 radical (unpaired) electrons. The smallest absolute Gasteiger partial charge is 0.208 e. The Bertz CT molecular complexity index is 1020. The van der Waals surface area contributed by atoms with Crippen molar-refractivity contribution < 1.29 is 42.7 Å². The number of ketones is 1. The minimum atomic E-state index is -0.204. The molecule has 4 atom stereocenters. The number of rotatable bonds is 14. The van der Waals surface area contributed by atoms with Crippen molar-refractivity contribution in [3.05, 3.63) is 47.5 Å². The van der Waals surface area contributed by atoms with Gasteiger partial charge in [-0.15, -0.1) is 0 Å². The molecule has 0 bridgehead atoms. The van der Waals surface area contributed by atoms with Crippen molar-refractivity contribution >= 4 is 5.78 Å². The van der Waals surface area contributed by atoms with Gasteiger partial charge in [0.15, 0.2) is 17.3 Å². The Morgan fingerprint density at radius 1 is 0.676 bits per heavy atom. The van der Waals surface area contributed by atoms with Crippen molar-refractivity contribution in [2.75, 3.05) is 52.9 Å². The Morgan fingerprint density at radius 2 is 1.15 bits per heavy atom. The summed E-state index contributed by atoms with van der Waals surface area (Å²) < 4.78 is 45.8. The lowest BCUT2D eigenvalue weighted by Gasteiger charge is -2.22. The SMILES string of the molecule is O=C(c1ccccc1)c1cc(OCC2CO2)c(OCC2CO2)c(OCC2CO2)c1OCC1CO1. The van der Waals surface area contributed by atoms with Crippen LogP contribution >= 0.6 is 0 Å². The summed E-state index contributed by atoms with van der Waals surface area (Å²) in [6.45, 7) is 3.83. The van der Waals surface area contributed by atoms with Crippen molar-refractivity contribution in [2.45, 2.75) is 24.4 Å². The van der Waals surface area contributed by atoms with Gasteiger partial charge in [-0.2, -0.15) is 0 Å². The molecular weight excluding hydrogens is 444 g/mol. The zero-order valence-electron chi connectivity index (χ0n) is 18.6. The van der Waals surface area contributed by atoms with E-state index < -0.39 is 0 Å². The molecule has 34 heavy (non-hydrogen) atoms. The van der Waals surface area contributed by atoms with E-state index in [1.807, 2.05) is 18.2 Å². The molecule has 2 aromatic rings. The average molecular weight is 470 g/mol. The molecule has 0 N–H and O–H groups in total. The molecular formula is C25H26O9. The summed E-state index contributed by atoms with van der Waals surface area (Å²) in [5, 5.41) is 0. The van der Waals surface area contributed by atoms with Crippen LogP contribution in [0.25, 0.3) is 0 Å². The van der Waals surface area contributed by atoms with Gasteiger partial charge in [0.25, 0.3) is 0 Å². The molecule has 0 amide bonds. The topological polar surface area (TPSA) is 104 Å². The van der Waals surface area contributed by atoms with Crippen molar-refractivity contribution in [1.82, 2.24) is 0 Å². The first-order valence-corrected chi connectivity index (χ1v) is 11.5. The molecule has 4 fully saturated rings. The third kappa shape index (κ3) is 5.44. The first-order chi connectivity index (χ1) is 16.7. The molecule has 4 aliphatic rings. The van der Waals surface area contributed by atoms with Gasteiger partial charge in [-0.05, 0) is 6.07 Å². The Kier molecular flexibility index (Phi) is 6.00. The first kappa shape index (κ1) is 21.7. The molecule has 4 saturated heterocycles. The van der Waals surface area contributed by atoms with Gasteiger partial charge < -0.3 is 37.9 Å². The third-order valence-electron chi connectivity index (χ3n) is 5.71. The van der Waals surface area contributed by atoms with E-state index in [2.05, 4.69) is 0 Å². The maximum absolute atomic E-state index is 13.6. The Labute approximate surface area is 196 Å². The zero-order valence-corrected chi connectivity index (χ0v) is 18.6. The number of benzene rings is 2. The predicted molar refractivity (Wildman–Crippen MR) is 117 cm³/mol. The highest BCUT2D eigenvalue weighted by Gasteiger charge is 2.34. The molecule has 2 aromatic carbocycles. The highest BCUT2D eigenvalue weighted by atomic mass is 16.6. The summed E-state index contributed by atoms with van der Waals surface area (Å²) in [5.74, 6) is 1.21. The van der Waals surface area contributed by atoms with Crippen molar-refractivity contribution in [1.29, 1.82) is 0 Å². The van der Waals surface area contributed by atoms with Crippen molar-refractivity contribution in [3.63, 3.8) is 0 Å². The van der Waals surface area contributed by atoms with Gasteiger partial charge in [-0.1, -0.05) is 30.3 Å². The number of ether oxygens (including phenoxy) is 8. The predicted octanol–water partition coefficient (Wildman–Crippen LogP) is 2.03. The average Bonchev–Trinajstić information content (AvgIpc) is 3.71. The summed E-state index contributed by atoms with van der Waals surface area (Å²) >= 11 is 0. The van der Waals surface area contributed by atoms with E-state index >= 15 is 0 Å². The number of hydrogen-bond acceptors (Lipinski definition) is 9. The fourth-order valence-corrected chi connectivity index (χ4v) is 3.40. The Morgan fingerprint density at radius 3 is 1.68 bits per heavy atom. The van der Waals surface area contributed by atoms with Crippen LogP contribution < -0.4 is 18.9 Å². The number of hydrogen-bond donors (Lipinski definition) is 0. The Balaban J connectivity index is 1.41. The maximum Gasteiger partial charge on any atom is 0.208 e. The largest absolute Gasteiger partial charge is 0.487 e. The second-order valence-electron chi connectivity index (χ2n) is 8.67. The minimum absolute atomic E-state index is 0.00283. The van der Waals surface area contributed by atoms with Crippen LogP contribution in [0.15, 0.2) is 36.4 Å². The molecule has 9 heteroatoms. The van der Waals surface area contributed by atoms with Crippen molar-refractivity contribution in [2.24, 2.45) is 0 Å². The standard InChI is InChI=1S/C25H26O9/c26-22(15-4-2-1-3-5-15)20-6-21(31-11-16-7-27-16)24(33-13-18-9-29-18)25(34-14-19-10-30-19)23(20)32-12-17-8-28-17/h1-6,16-19H,7-14H2. The van der Waals surface area contributed by atoms with E-state index in [0.717, 1.165) is 0 Å². The zero-order chi connectivity index (χ0) is 22.9. The van der Waals surface area contributed by atoms with Crippen LogP contribution in [0.3, 0.4) is 0 Å². The third-order valence-corrected chi connectivity index (χ3v) is 5.71. The van der Waals surface area contributed by atoms with Gasteiger partial charge in [0.2, 0.25) is 11.5 Å². The highest BCUT2D eigenvalue weighted by Crippen LogP contribution is 2.49.